The van der Waals surface area contributed by atoms with Gasteiger partial charge in [-0.15, -0.1) is 0 Å². The number of nitrogens with zero attached hydrogens (tertiary/aromatic N) is 3. The summed E-state index contributed by atoms with van der Waals surface area (Å²) in [5, 5.41) is 6.12. The summed E-state index contributed by atoms with van der Waals surface area (Å²) in [6.07, 6.45) is -1.81. The van der Waals surface area contributed by atoms with E-state index in [0.717, 1.165) is 35.4 Å². The van der Waals surface area contributed by atoms with Gasteiger partial charge in [-0.25, -0.2) is 17.9 Å². The number of halogens is 5. The van der Waals surface area contributed by atoms with Gasteiger partial charge in [0.05, 0.1) is 7.11 Å². The van der Waals surface area contributed by atoms with Crippen LogP contribution in [0.3, 0.4) is 0 Å². The molecule has 0 saturated carbocycles. The lowest BCUT2D eigenvalue weighted by molar-refractivity contribution is -0.118. The number of carbonyl (C=O) groups excluding carboxylic acids is 2. The van der Waals surface area contributed by atoms with Crippen LogP contribution in [0.2, 0.25) is 0 Å². The summed E-state index contributed by atoms with van der Waals surface area (Å²) in [6.45, 7) is -4.34. The molecule has 1 aliphatic heterocycles. The summed E-state index contributed by atoms with van der Waals surface area (Å²) in [7, 11) is 1.34. The van der Waals surface area contributed by atoms with E-state index in [2.05, 4.69) is 15.2 Å². The Morgan fingerprint density at radius 2 is 1.77 bits per heavy atom. The third kappa shape index (κ3) is 5.99. The van der Waals surface area contributed by atoms with Crippen molar-refractivity contribution in [2.45, 2.75) is 31.5 Å². The molecular formula is C25H21F5N4O5. The Kier molecular flexibility index (Phi) is 8.12. The van der Waals surface area contributed by atoms with Gasteiger partial charge in [-0.05, 0) is 42.0 Å². The summed E-state index contributed by atoms with van der Waals surface area (Å²) in [5.74, 6) is -3.33. The fourth-order valence-corrected chi connectivity index (χ4v) is 4.24. The molecule has 0 spiro atoms. The Labute approximate surface area is 217 Å². The first-order chi connectivity index (χ1) is 18.6. The third-order valence-corrected chi connectivity index (χ3v) is 6.04. The second-order valence-corrected chi connectivity index (χ2v) is 8.39. The number of aromatic nitrogens is 2. The Hall–Kier alpha value is -4.49. The fraction of sp³-hybridized carbons (Fsp3) is 0.280. The van der Waals surface area contributed by atoms with Gasteiger partial charge < -0.3 is 19.7 Å². The van der Waals surface area contributed by atoms with E-state index in [-0.39, 0.29) is 34.9 Å². The molecule has 1 fully saturated rings. The SMILES string of the molecule is COc1ccc([C@@H]2CN(c3ccnn(CC(F)F)c3=O)C(=O)[C@H]2NC(=O)c2ccc(OC(F)F)cc2)c(F)c1. The molecule has 3 aromatic rings. The lowest BCUT2D eigenvalue weighted by Gasteiger charge is -2.19. The van der Waals surface area contributed by atoms with Gasteiger partial charge in [-0.2, -0.15) is 13.9 Å². The number of ether oxygens (including phenoxy) is 2. The van der Waals surface area contributed by atoms with Crippen molar-refractivity contribution in [3.05, 3.63) is 82.0 Å². The molecule has 2 amide bonds. The summed E-state index contributed by atoms with van der Waals surface area (Å²) in [5.41, 5.74) is -1.24. The summed E-state index contributed by atoms with van der Waals surface area (Å²) >= 11 is 0. The number of rotatable bonds is 9. The van der Waals surface area contributed by atoms with Crippen LogP contribution in [0.25, 0.3) is 0 Å². The maximum Gasteiger partial charge on any atom is 0.387 e. The number of hydrogen-bond acceptors (Lipinski definition) is 6. The first-order valence-electron chi connectivity index (χ1n) is 11.4. The van der Waals surface area contributed by atoms with Crippen molar-refractivity contribution in [1.29, 1.82) is 0 Å². The van der Waals surface area contributed by atoms with Crippen LogP contribution in [-0.4, -0.2) is 54.3 Å². The standard InChI is InChI=1S/C25H21F5N4O5/c1-38-15-6-7-16(18(26)10-15)17-11-33(19-8-9-31-34(23(19)36)12-20(27)28)24(37)21(17)32-22(35)13-2-4-14(5-3-13)39-25(29)30/h2-10,17,20-21,25H,11-12H2,1H3,(H,32,35)/t17-,21-/m0/s1. The molecule has 1 saturated heterocycles. The van der Waals surface area contributed by atoms with Gasteiger partial charge in [0.15, 0.2) is 0 Å². The van der Waals surface area contributed by atoms with Crippen molar-refractivity contribution in [3.8, 4) is 11.5 Å². The number of carbonyl (C=O) groups is 2. The van der Waals surface area contributed by atoms with Crippen molar-refractivity contribution in [2.24, 2.45) is 0 Å². The average Bonchev–Trinajstić information content (AvgIpc) is 3.20. The highest BCUT2D eigenvalue weighted by Crippen LogP contribution is 2.34. The first kappa shape index (κ1) is 27.5. The van der Waals surface area contributed by atoms with E-state index in [1.165, 1.54) is 31.4 Å². The van der Waals surface area contributed by atoms with Crippen LogP contribution >= 0.6 is 0 Å². The topological polar surface area (TPSA) is 103 Å². The van der Waals surface area contributed by atoms with E-state index in [0.29, 0.717) is 4.68 Å². The van der Waals surface area contributed by atoms with Crippen molar-refractivity contribution < 1.29 is 41.0 Å². The van der Waals surface area contributed by atoms with Gasteiger partial charge in [-0.3, -0.25) is 14.4 Å². The zero-order valence-corrected chi connectivity index (χ0v) is 20.2. The van der Waals surface area contributed by atoms with Gasteiger partial charge in [-0.1, -0.05) is 6.07 Å². The Morgan fingerprint density at radius 3 is 2.38 bits per heavy atom. The van der Waals surface area contributed by atoms with Crippen LogP contribution in [0.15, 0.2) is 59.5 Å². The van der Waals surface area contributed by atoms with Crippen molar-refractivity contribution in [3.63, 3.8) is 0 Å². The number of nitrogens with one attached hydrogen (secondary N) is 1. The van der Waals surface area contributed by atoms with Gasteiger partial charge in [0.25, 0.3) is 17.9 Å². The molecule has 0 radical (unpaired) electrons. The zero-order valence-electron chi connectivity index (χ0n) is 20.2. The smallest absolute Gasteiger partial charge is 0.387 e. The third-order valence-electron chi connectivity index (χ3n) is 6.04. The van der Waals surface area contributed by atoms with E-state index >= 15 is 4.39 Å². The minimum Gasteiger partial charge on any atom is -0.497 e. The van der Waals surface area contributed by atoms with E-state index < -0.39 is 54.7 Å². The molecule has 14 heteroatoms. The molecule has 0 bridgehead atoms. The monoisotopic (exact) mass is 552 g/mol. The van der Waals surface area contributed by atoms with Crippen LogP contribution in [0.4, 0.5) is 27.6 Å². The number of anilines is 1. The Bertz CT molecular complexity index is 1420. The van der Waals surface area contributed by atoms with Crippen LogP contribution < -0.4 is 25.2 Å². The second kappa shape index (κ2) is 11.5. The maximum atomic E-state index is 15.1. The number of alkyl halides is 4. The van der Waals surface area contributed by atoms with E-state index in [4.69, 9.17) is 4.74 Å². The number of methoxy groups -OCH3 is 1. The molecule has 2 aromatic carbocycles. The highest BCUT2D eigenvalue weighted by Gasteiger charge is 2.44. The molecule has 0 unspecified atom stereocenters. The van der Waals surface area contributed by atoms with Crippen LogP contribution in [0, 0.1) is 5.82 Å². The highest BCUT2D eigenvalue weighted by molar-refractivity contribution is 6.04. The largest absolute Gasteiger partial charge is 0.497 e. The molecule has 1 N–H and O–H groups in total. The van der Waals surface area contributed by atoms with Crippen molar-refractivity contribution in [1.82, 2.24) is 15.1 Å². The quantitative estimate of drug-likeness (QED) is 0.409. The van der Waals surface area contributed by atoms with Crippen LogP contribution in [0.1, 0.15) is 21.8 Å². The lowest BCUT2D eigenvalue weighted by atomic mass is 9.93. The van der Waals surface area contributed by atoms with Gasteiger partial charge in [0.1, 0.15) is 35.6 Å². The van der Waals surface area contributed by atoms with Crippen LogP contribution in [-0.2, 0) is 11.3 Å². The highest BCUT2D eigenvalue weighted by atomic mass is 19.3. The Balaban J connectivity index is 1.68. The minimum absolute atomic E-state index is 0.0139. The van der Waals surface area contributed by atoms with E-state index in [1.807, 2.05) is 0 Å². The summed E-state index contributed by atoms with van der Waals surface area (Å²) in [4.78, 5) is 40.3. The normalized spacial score (nSPS) is 17.1. The van der Waals surface area contributed by atoms with Crippen molar-refractivity contribution in [2.75, 3.05) is 18.6 Å². The number of hydrogen-bond donors (Lipinski definition) is 1. The molecule has 0 aliphatic carbocycles. The molecule has 2 atom stereocenters. The summed E-state index contributed by atoms with van der Waals surface area (Å²) < 4.78 is 75.5. The van der Waals surface area contributed by atoms with Gasteiger partial charge >= 0.3 is 6.61 Å². The van der Waals surface area contributed by atoms with Crippen molar-refractivity contribution >= 4 is 17.5 Å². The predicted molar refractivity (Wildman–Crippen MR) is 127 cm³/mol. The van der Waals surface area contributed by atoms with E-state index in [9.17, 15) is 31.9 Å². The zero-order chi connectivity index (χ0) is 28.3. The molecular weight excluding hydrogens is 531 g/mol. The minimum atomic E-state index is -3.06. The molecule has 39 heavy (non-hydrogen) atoms. The van der Waals surface area contributed by atoms with Crippen LogP contribution in [0.5, 0.6) is 11.5 Å². The van der Waals surface area contributed by atoms with E-state index in [1.54, 1.807) is 0 Å². The Morgan fingerprint density at radius 1 is 1.08 bits per heavy atom. The molecule has 1 aliphatic rings. The molecule has 1 aromatic heterocycles. The van der Waals surface area contributed by atoms with Gasteiger partial charge in [0, 0.05) is 30.3 Å². The second-order valence-electron chi connectivity index (χ2n) is 8.39. The molecule has 2 heterocycles. The van der Waals surface area contributed by atoms with Gasteiger partial charge in [0.2, 0.25) is 5.91 Å². The lowest BCUT2D eigenvalue weighted by Crippen LogP contribution is -2.44. The average molecular weight is 552 g/mol. The first-order valence-corrected chi connectivity index (χ1v) is 11.4. The molecule has 9 nitrogen and oxygen atoms in total. The number of amides is 2. The predicted octanol–water partition coefficient (Wildman–Crippen LogP) is 3.19. The maximum absolute atomic E-state index is 15.1. The molecule has 4 rings (SSSR count). The number of benzene rings is 2. The summed E-state index contributed by atoms with van der Waals surface area (Å²) in [6, 6.07) is 8.34. The fourth-order valence-electron chi connectivity index (χ4n) is 4.24. The molecule has 206 valence electrons.